The minimum Gasteiger partial charge on any atom is -0.293 e. The number of rotatable bonds is 2. The van der Waals surface area contributed by atoms with Gasteiger partial charge in [-0.1, -0.05) is 30.2 Å². The van der Waals surface area contributed by atoms with Crippen LogP contribution in [0.2, 0.25) is 0 Å². The van der Waals surface area contributed by atoms with Gasteiger partial charge in [-0.05, 0) is 19.4 Å². The highest BCUT2D eigenvalue weighted by Gasteiger charge is 2.05. The molecule has 0 atom stereocenters. The van der Waals surface area contributed by atoms with Crippen LogP contribution in [0.1, 0.15) is 29.3 Å². The summed E-state index contributed by atoms with van der Waals surface area (Å²) in [6.07, 6.45) is 0.321. The summed E-state index contributed by atoms with van der Waals surface area (Å²) in [4.78, 5) is 11.5. The van der Waals surface area contributed by atoms with Gasteiger partial charge in [0.15, 0.2) is 5.78 Å². The normalized spacial score (nSPS) is 8.77. The predicted octanol–water partition coefficient (Wildman–Crippen LogP) is 2.59. The van der Waals surface area contributed by atoms with E-state index in [1.54, 1.807) is 6.92 Å². The lowest BCUT2D eigenvalue weighted by molar-refractivity contribution is 0.0997. The van der Waals surface area contributed by atoms with Crippen molar-refractivity contribution in [3.05, 3.63) is 35.4 Å². The number of benzene rings is 1. The van der Waals surface area contributed by atoms with Crippen molar-refractivity contribution in [2.45, 2.75) is 20.3 Å². The second-order valence-corrected chi connectivity index (χ2v) is 2.84. The molecule has 0 radical (unpaired) electrons. The van der Waals surface area contributed by atoms with Crippen molar-refractivity contribution in [1.29, 1.82) is 0 Å². The third-order valence-corrected chi connectivity index (χ3v) is 1.87. The van der Waals surface area contributed by atoms with E-state index in [0.29, 0.717) is 6.42 Å². The largest absolute Gasteiger partial charge is 0.293 e. The fourth-order valence-corrected chi connectivity index (χ4v) is 1.15. The number of ketones is 1. The number of hydrogen-bond donors (Lipinski definition) is 0. The minimum atomic E-state index is 0.104. The highest BCUT2D eigenvalue weighted by molar-refractivity contribution is 5.98. The summed E-state index contributed by atoms with van der Waals surface area (Å²) >= 11 is 0. The average molecular weight is 172 g/mol. The summed E-state index contributed by atoms with van der Waals surface area (Å²) in [6.45, 7) is 3.68. The van der Waals surface area contributed by atoms with Gasteiger partial charge in [0, 0.05) is 5.56 Å². The van der Waals surface area contributed by atoms with Crippen LogP contribution in [0.4, 0.5) is 0 Å². The summed E-state index contributed by atoms with van der Waals surface area (Å²) in [5.74, 6) is 5.60. The lowest BCUT2D eigenvalue weighted by Crippen LogP contribution is -1.99. The van der Waals surface area contributed by atoms with Crippen molar-refractivity contribution in [2.75, 3.05) is 0 Å². The molecule has 0 amide bonds. The predicted molar refractivity (Wildman–Crippen MR) is 53.6 cm³/mol. The van der Waals surface area contributed by atoms with Gasteiger partial charge in [-0.3, -0.25) is 4.79 Å². The third kappa shape index (κ3) is 2.45. The molecule has 0 aliphatic carbocycles. The summed E-state index contributed by atoms with van der Waals surface area (Å²) in [7, 11) is 0. The summed E-state index contributed by atoms with van der Waals surface area (Å²) < 4.78 is 0. The maximum Gasteiger partial charge on any atom is 0.174 e. The maximum atomic E-state index is 11.5. The molecule has 0 bridgehead atoms. The van der Waals surface area contributed by atoms with Crippen molar-refractivity contribution in [3.8, 4) is 11.8 Å². The monoisotopic (exact) mass is 172 g/mol. The molecule has 0 heterocycles. The first-order chi connectivity index (χ1) is 6.25. The smallest absolute Gasteiger partial charge is 0.174 e. The minimum absolute atomic E-state index is 0.104. The molecule has 0 N–H and O–H groups in total. The first-order valence-corrected chi connectivity index (χ1v) is 4.24. The number of hydrogen-bond acceptors (Lipinski definition) is 1. The van der Waals surface area contributed by atoms with E-state index in [1.165, 1.54) is 0 Å². The van der Waals surface area contributed by atoms with Crippen LogP contribution in [0.3, 0.4) is 0 Å². The van der Waals surface area contributed by atoms with Crippen molar-refractivity contribution in [3.63, 3.8) is 0 Å². The molecule has 0 unspecified atom stereocenters. The zero-order chi connectivity index (χ0) is 9.68. The van der Waals surface area contributed by atoms with Crippen molar-refractivity contribution in [1.82, 2.24) is 0 Å². The molecule has 0 saturated heterocycles. The molecule has 0 aliphatic rings. The molecule has 13 heavy (non-hydrogen) atoms. The van der Waals surface area contributed by atoms with E-state index in [2.05, 4.69) is 11.8 Å². The van der Waals surface area contributed by atoms with E-state index in [9.17, 15) is 4.79 Å². The Labute approximate surface area is 78.8 Å². The SMILES string of the molecule is CC#CCC(=O)c1ccccc1C. The van der Waals surface area contributed by atoms with Gasteiger partial charge in [0.1, 0.15) is 0 Å². The Morgan fingerprint density at radius 2 is 2.08 bits per heavy atom. The Bertz CT molecular complexity index is 366. The zero-order valence-corrected chi connectivity index (χ0v) is 7.92. The van der Waals surface area contributed by atoms with Crippen LogP contribution in [0, 0.1) is 18.8 Å². The van der Waals surface area contributed by atoms with Crippen molar-refractivity contribution >= 4 is 5.78 Å². The molecule has 1 nitrogen and oxygen atoms in total. The summed E-state index contributed by atoms with van der Waals surface area (Å²) in [5.41, 5.74) is 1.80. The van der Waals surface area contributed by atoms with Crippen LogP contribution in [-0.2, 0) is 0 Å². The molecule has 1 aromatic carbocycles. The van der Waals surface area contributed by atoms with Gasteiger partial charge in [0.25, 0.3) is 0 Å². The fourth-order valence-electron chi connectivity index (χ4n) is 1.15. The fraction of sp³-hybridized carbons (Fsp3) is 0.250. The summed E-state index contributed by atoms with van der Waals surface area (Å²) in [6, 6.07) is 7.58. The van der Waals surface area contributed by atoms with Crippen LogP contribution < -0.4 is 0 Å². The van der Waals surface area contributed by atoms with Crippen molar-refractivity contribution in [2.24, 2.45) is 0 Å². The van der Waals surface area contributed by atoms with Gasteiger partial charge in [-0.15, -0.1) is 5.92 Å². The van der Waals surface area contributed by atoms with Gasteiger partial charge in [0.2, 0.25) is 0 Å². The van der Waals surface area contributed by atoms with E-state index in [-0.39, 0.29) is 5.78 Å². The molecule has 0 saturated carbocycles. The van der Waals surface area contributed by atoms with E-state index in [0.717, 1.165) is 11.1 Å². The first-order valence-electron chi connectivity index (χ1n) is 4.24. The molecular formula is C12H12O. The number of carbonyl (C=O) groups excluding carboxylic acids is 1. The summed E-state index contributed by atoms with van der Waals surface area (Å²) in [5, 5.41) is 0. The first kappa shape index (κ1) is 9.54. The molecule has 1 aromatic rings. The van der Waals surface area contributed by atoms with E-state index in [4.69, 9.17) is 0 Å². The molecule has 0 aliphatic heterocycles. The average Bonchev–Trinajstić information content (AvgIpc) is 2.15. The van der Waals surface area contributed by atoms with Gasteiger partial charge < -0.3 is 0 Å². The Kier molecular flexibility index (Phi) is 3.28. The lowest BCUT2D eigenvalue weighted by atomic mass is 10.0. The van der Waals surface area contributed by atoms with E-state index < -0.39 is 0 Å². The Morgan fingerprint density at radius 1 is 1.38 bits per heavy atom. The molecule has 1 heteroatoms. The molecule has 66 valence electrons. The highest BCUT2D eigenvalue weighted by atomic mass is 16.1. The molecule has 0 aromatic heterocycles. The molecule has 1 rings (SSSR count). The second kappa shape index (κ2) is 4.47. The van der Waals surface area contributed by atoms with Gasteiger partial charge in [-0.2, -0.15) is 0 Å². The topological polar surface area (TPSA) is 17.1 Å². The van der Waals surface area contributed by atoms with E-state index in [1.807, 2.05) is 31.2 Å². The Balaban J connectivity index is 2.87. The van der Waals surface area contributed by atoms with Crippen LogP contribution >= 0.6 is 0 Å². The van der Waals surface area contributed by atoms with Crippen LogP contribution in [0.15, 0.2) is 24.3 Å². The van der Waals surface area contributed by atoms with Crippen LogP contribution in [-0.4, -0.2) is 5.78 Å². The van der Waals surface area contributed by atoms with Gasteiger partial charge >= 0.3 is 0 Å². The Morgan fingerprint density at radius 3 is 2.69 bits per heavy atom. The Hall–Kier alpha value is -1.55. The molecule has 0 spiro atoms. The van der Waals surface area contributed by atoms with Crippen LogP contribution in [0.25, 0.3) is 0 Å². The number of Topliss-reactive ketones (excluding diaryl/α,β-unsaturated/α-hetero) is 1. The van der Waals surface area contributed by atoms with Crippen LogP contribution in [0.5, 0.6) is 0 Å². The van der Waals surface area contributed by atoms with Gasteiger partial charge in [0.05, 0.1) is 6.42 Å². The highest BCUT2D eigenvalue weighted by Crippen LogP contribution is 2.08. The molecular weight excluding hydrogens is 160 g/mol. The quantitative estimate of drug-likeness (QED) is 0.495. The molecule has 0 fully saturated rings. The zero-order valence-electron chi connectivity index (χ0n) is 7.92. The maximum absolute atomic E-state index is 11.5. The third-order valence-electron chi connectivity index (χ3n) is 1.87. The standard InChI is InChI=1S/C12H12O/c1-3-4-9-12(13)11-8-6-5-7-10(11)2/h5-8H,9H2,1-2H3. The van der Waals surface area contributed by atoms with Crippen molar-refractivity contribution < 1.29 is 4.79 Å². The second-order valence-electron chi connectivity index (χ2n) is 2.84. The number of aryl methyl sites for hydroxylation is 1. The van der Waals surface area contributed by atoms with Gasteiger partial charge in [-0.25, -0.2) is 0 Å². The lowest BCUT2D eigenvalue weighted by Gasteiger charge is -2.00. The van der Waals surface area contributed by atoms with E-state index >= 15 is 0 Å². The number of carbonyl (C=O) groups is 1.